The number of amides is 1. The minimum Gasteiger partial charge on any atom is -0.324 e. The second-order valence-electron chi connectivity index (χ2n) is 5.52. The van der Waals surface area contributed by atoms with E-state index in [0.717, 1.165) is 10.6 Å². The first-order valence-corrected chi connectivity index (χ1v) is 7.34. The first-order valence-electron chi connectivity index (χ1n) is 7.34. The zero-order valence-corrected chi connectivity index (χ0v) is 13.1. The van der Waals surface area contributed by atoms with Crippen molar-refractivity contribution in [2.24, 2.45) is 0 Å². The number of nitrogens with zero attached hydrogens (tertiary/aromatic N) is 2. The molecule has 1 amide bonds. The van der Waals surface area contributed by atoms with Crippen LogP contribution >= 0.6 is 0 Å². The highest BCUT2D eigenvalue weighted by Crippen LogP contribution is 2.31. The van der Waals surface area contributed by atoms with Crippen LogP contribution < -0.4 is 5.32 Å². The van der Waals surface area contributed by atoms with Crippen LogP contribution in [0.1, 0.15) is 11.4 Å². The molecule has 0 saturated carbocycles. The van der Waals surface area contributed by atoms with E-state index in [4.69, 9.17) is 0 Å². The third-order valence-corrected chi connectivity index (χ3v) is 3.68. The fourth-order valence-electron chi connectivity index (χ4n) is 2.51. The Labute approximate surface area is 140 Å². The molecule has 0 aliphatic rings. The Balaban J connectivity index is 1.94. The van der Waals surface area contributed by atoms with Crippen molar-refractivity contribution in [3.63, 3.8) is 0 Å². The molecule has 8 heteroatoms. The molecule has 25 heavy (non-hydrogen) atoms. The summed E-state index contributed by atoms with van der Waals surface area (Å²) in [7, 11) is 0. The molecule has 0 bridgehead atoms. The van der Waals surface area contributed by atoms with Gasteiger partial charge in [-0.15, -0.1) is 0 Å². The third kappa shape index (κ3) is 3.47. The lowest BCUT2D eigenvalue weighted by Crippen LogP contribution is -2.23. The van der Waals surface area contributed by atoms with E-state index in [2.05, 4.69) is 10.3 Å². The highest BCUT2D eigenvalue weighted by atomic mass is 19.4. The lowest BCUT2D eigenvalue weighted by molar-refractivity contribution is -0.147. The molecule has 2 aromatic carbocycles. The summed E-state index contributed by atoms with van der Waals surface area (Å²) in [4.78, 5) is 15.8. The van der Waals surface area contributed by atoms with Crippen LogP contribution in [-0.2, 0) is 17.5 Å². The number of aryl methyl sites for hydroxylation is 1. The number of para-hydroxylation sites is 2. The number of hydrogen-bond acceptors (Lipinski definition) is 2. The SMILES string of the molecule is Cc1ccc(F)cc1NC(=O)Cn1c(C(F)(F)F)nc2ccccc21. The van der Waals surface area contributed by atoms with Gasteiger partial charge in [-0.3, -0.25) is 4.79 Å². The van der Waals surface area contributed by atoms with Crippen molar-refractivity contribution in [2.75, 3.05) is 5.32 Å². The molecule has 4 nitrogen and oxygen atoms in total. The van der Waals surface area contributed by atoms with Gasteiger partial charge in [0.2, 0.25) is 11.7 Å². The van der Waals surface area contributed by atoms with Gasteiger partial charge in [0.25, 0.3) is 0 Å². The summed E-state index contributed by atoms with van der Waals surface area (Å²) in [6.07, 6.45) is -4.70. The van der Waals surface area contributed by atoms with E-state index in [9.17, 15) is 22.4 Å². The number of nitrogens with one attached hydrogen (secondary N) is 1. The molecule has 0 saturated heterocycles. The number of imidazole rings is 1. The van der Waals surface area contributed by atoms with Gasteiger partial charge < -0.3 is 9.88 Å². The minimum absolute atomic E-state index is 0.143. The van der Waals surface area contributed by atoms with E-state index < -0.39 is 30.3 Å². The van der Waals surface area contributed by atoms with Crippen molar-refractivity contribution in [1.82, 2.24) is 9.55 Å². The maximum atomic E-state index is 13.3. The number of carbonyl (C=O) groups is 1. The Morgan fingerprint density at radius 3 is 2.64 bits per heavy atom. The topological polar surface area (TPSA) is 46.9 Å². The van der Waals surface area contributed by atoms with Crippen molar-refractivity contribution in [1.29, 1.82) is 0 Å². The standard InChI is InChI=1S/C17H13F4N3O/c1-10-6-7-11(18)8-13(10)22-15(25)9-24-14-5-3-2-4-12(14)23-16(24)17(19,20)21/h2-8H,9H2,1H3,(H,22,25). The number of alkyl halides is 3. The summed E-state index contributed by atoms with van der Waals surface area (Å²) in [5.74, 6) is -2.41. The highest BCUT2D eigenvalue weighted by molar-refractivity contribution is 5.92. The van der Waals surface area contributed by atoms with Gasteiger partial charge in [-0.05, 0) is 36.8 Å². The Kier molecular flexibility index (Phi) is 4.20. The first-order chi connectivity index (χ1) is 11.8. The first kappa shape index (κ1) is 16.9. The van der Waals surface area contributed by atoms with Crippen LogP contribution in [0.3, 0.4) is 0 Å². The van der Waals surface area contributed by atoms with Gasteiger partial charge in [-0.1, -0.05) is 18.2 Å². The molecule has 0 spiro atoms. The maximum absolute atomic E-state index is 13.3. The molecule has 0 fully saturated rings. The van der Waals surface area contributed by atoms with Gasteiger partial charge in [0.1, 0.15) is 12.4 Å². The minimum atomic E-state index is -4.70. The van der Waals surface area contributed by atoms with E-state index in [-0.39, 0.29) is 16.7 Å². The second kappa shape index (κ2) is 6.19. The van der Waals surface area contributed by atoms with Crippen LogP contribution in [0.15, 0.2) is 42.5 Å². The zero-order chi connectivity index (χ0) is 18.2. The molecule has 3 rings (SSSR count). The van der Waals surface area contributed by atoms with Crippen LogP contribution in [0.2, 0.25) is 0 Å². The smallest absolute Gasteiger partial charge is 0.324 e. The van der Waals surface area contributed by atoms with Crippen molar-refractivity contribution in [3.05, 3.63) is 59.7 Å². The number of aromatic nitrogens is 2. The summed E-state index contributed by atoms with van der Waals surface area (Å²) in [5.41, 5.74) is 1.15. The average Bonchev–Trinajstić information content (AvgIpc) is 2.90. The molecule has 0 unspecified atom stereocenters. The van der Waals surface area contributed by atoms with Crippen LogP contribution in [0.25, 0.3) is 11.0 Å². The Hall–Kier alpha value is -2.90. The Morgan fingerprint density at radius 1 is 1.20 bits per heavy atom. The number of anilines is 1. The number of rotatable bonds is 3. The predicted octanol–water partition coefficient (Wildman–Crippen LogP) is 4.14. The molecule has 3 aromatic rings. The second-order valence-corrected chi connectivity index (χ2v) is 5.52. The van der Waals surface area contributed by atoms with E-state index in [1.54, 1.807) is 19.1 Å². The van der Waals surface area contributed by atoms with Gasteiger partial charge >= 0.3 is 6.18 Å². The lowest BCUT2D eigenvalue weighted by Gasteiger charge is -2.13. The quantitative estimate of drug-likeness (QED) is 0.721. The molecule has 1 aromatic heterocycles. The fourth-order valence-corrected chi connectivity index (χ4v) is 2.51. The van der Waals surface area contributed by atoms with Gasteiger partial charge in [0.05, 0.1) is 11.0 Å². The molecule has 1 N–H and O–H groups in total. The van der Waals surface area contributed by atoms with Gasteiger partial charge in [-0.25, -0.2) is 9.37 Å². The number of benzene rings is 2. The van der Waals surface area contributed by atoms with Crippen LogP contribution in [0, 0.1) is 12.7 Å². The summed E-state index contributed by atoms with van der Waals surface area (Å²) in [6.45, 7) is 1.06. The monoisotopic (exact) mass is 351 g/mol. The fraction of sp³-hybridized carbons (Fsp3) is 0.176. The summed E-state index contributed by atoms with van der Waals surface area (Å²) in [5, 5.41) is 2.44. The van der Waals surface area contributed by atoms with Gasteiger partial charge in [-0.2, -0.15) is 13.2 Å². The summed E-state index contributed by atoms with van der Waals surface area (Å²) < 4.78 is 53.7. The summed E-state index contributed by atoms with van der Waals surface area (Å²) >= 11 is 0. The van der Waals surface area contributed by atoms with Crippen molar-refractivity contribution < 1.29 is 22.4 Å². The number of fused-ring (bicyclic) bond motifs is 1. The molecule has 0 atom stereocenters. The Bertz CT molecular complexity index is 947. The van der Waals surface area contributed by atoms with Crippen molar-refractivity contribution in [2.45, 2.75) is 19.6 Å². The van der Waals surface area contributed by atoms with Gasteiger partial charge in [0.15, 0.2) is 0 Å². The van der Waals surface area contributed by atoms with Crippen LogP contribution in [0.4, 0.5) is 23.2 Å². The molecular weight excluding hydrogens is 338 g/mol. The number of hydrogen-bond donors (Lipinski definition) is 1. The third-order valence-electron chi connectivity index (χ3n) is 3.68. The van der Waals surface area contributed by atoms with Crippen LogP contribution in [0.5, 0.6) is 0 Å². The molecule has 130 valence electrons. The average molecular weight is 351 g/mol. The number of halogens is 4. The van der Waals surface area contributed by atoms with Crippen molar-refractivity contribution >= 4 is 22.6 Å². The maximum Gasteiger partial charge on any atom is 0.449 e. The molecule has 0 aliphatic carbocycles. The van der Waals surface area contributed by atoms with E-state index in [1.807, 2.05) is 0 Å². The Morgan fingerprint density at radius 2 is 1.92 bits per heavy atom. The normalized spacial score (nSPS) is 11.7. The molecular formula is C17H13F4N3O. The van der Waals surface area contributed by atoms with Gasteiger partial charge in [0, 0.05) is 5.69 Å². The molecule has 0 aliphatic heterocycles. The van der Waals surface area contributed by atoms with E-state index in [0.29, 0.717) is 5.56 Å². The largest absolute Gasteiger partial charge is 0.449 e. The summed E-state index contributed by atoms with van der Waals surface area (Å²) in [6, 6.07) is 9.85. The molecule has 0 radical (unpaired) electrons. The van der Waals surface area contributed by atoms with E-state index >= 15 is 0 Å². The van der Waals surface area contributed by atoms with Crippen molar-refractivity contribution in [3.8, 4) is 0 Å². The molecule has 1 heterocycles. The van der Waals surface area contributed by atoms with Crippen LogP contribution in [-0.4, -0.2) is 15.5 Å². The number of carbonyl (C=O) groups excluding carboxylic acids is 1. The lowest BCUT2D eigenvalue weighted by atomic mass is 10.2. The highest BCUT2D eigenvalue weighted by Gasteiger charge is 2.38. The predicted molar refractivity (Wildman–Crippen MR) is 84.5 cm³/mol. The zero-order valence-electron chi connectivity index (χ0n) is 13.1. The van der Waals surface area contributed by atoms with E-state index in [1.165, 1.54) is 24.3 Å².